The van der Waals surface area contributed by atoms with Crippen LogP contribution in [0.15, 0.2) is 42.5 Å². The lowest BCUT2D eigenvalue weighted by molar-refractivity contribution is 0.183. The molecule has 3 N–H and O–H groups in total. The van der Waals surface area contributed by atoms with Gasteiger partial charge in [-0.2, -0.15) is 0 Å². The Morgan fingerprint density at radius 2 is 2.05 bits per heavy atom. The highest BCUT2D eigenvalue weighted by Crippen LogP contribution is 2.34. The van der Waals surface area contributed by atoms with E-state index in [1.54, 1.807) is 12.1 Å². The Kier molecular flexibility index (Phi) is 3.84. The molecule has 0 radical (unpaired) electrons. The highest BCUT2D eigenvalue weighted by atomic mass is 35.5. The van der Waals surface area contributed by atoms with Gasteiger partial charge in [-0.3, -0.25) is 5.41 Å². The van der Waals surface area contributed by atoms with Crippen molar-refractivity contribution in [1.29, 1.82) is 5.41 Å². The van der Waals surface area contributed by atoms with Gasteiger partial charge in [-0.1, -0.05) is 35.9 Å². The molecule has 0 saturated carbocycles. The fourth-order valence-electron chi connectivity index (χ4n) is 2.78. The summed E-state index contributed by atoms with van der Waals surface area (Å²) in [7, 11) is 0. The molecular formula is C17H17ClN2O. The van der Waals surface area contributed by atoms with E-state index >= 15 is 0 Å². The zero-order chi connectivity index (χ0) is 14.8. The molecule has 0 aliphatic heterocycles. The predicted molar refractivity (Wildman–Crippen MR) is 85.2 cm³/mol. The topological polar surface area (TPSA) is 59.1 Å². The summed E-state index contributed by atoms with van der Waals surface area (Å²) in [4.78, 5) is 0. The molecule has 2 aromatic carbocycles. The van der Waals surface area contributed by atoms with Crippen molar-refractivity contribution in [3.63, 3.8) is 0 Å². The van der Waals surface area contributed by atoms with E-state index in [1.165, 1.54) is 11.1 Å². The van der Waals surface area contributed by atoms with Crippen molar-refractivity contribution >= 4 is 17.4 Å². The van der Waals surface area contributed by atoms with Crippen molar-refractivity contribution in [3.05, 3.63) is 64.2 Å². The van der Waals surface area contributed by atoms with E-state index in [0.29, 0.717) is 16.3 Å². The van der Waals surface area contributed by atoms with Crippen LogP contribution in [-0.4, -0.2) is 5.84 Å². The minimum Gasteiger partial charge on any atom is -0.486 e. The van der Waals surface area contributed by atoms with Crippen LogP contribution in [0.5, 0.6) is 5.75 Å². The number of rotatable bonds is 3. The van der Waals surface area contributed by atoms with Crippen LogP contribution in [-0.2, 0) is 6.42 Å². The van der Waals surface area contributed by atoms with Gasteiger partial charge in [-0.15, -0.1) is 0 Å². The summed E-state index contributed by atoms with van der Waals surface area (Å²) < 4.78 is 6.10. The Morgan fingerprint density at radius 1 is 1.24 bits per heavy atom. The highest BCUT2D eigenvalue weighted by molar-refractivity contribution is 6.34. The summed E-state index contributed by atoms with van der Waals surface area (Å²) in [6.45, 7) is 0. The Hall–Kier alpha value is -2.00. The van der Waals surface area contributed by atoms with Crippen LogP contribution < -0.4 is 10.5 Å². The fourth-order valence-corrected chi connectivity index (χ4v) is 3.06. The van der Waals surface area contributed by atoms with Crippen LogP contribution in [0.3, 0.4) is 0 Å². The molecule has 4 heteroatoms. The van der Waals surface area contributed by atoms with Crippen LogP contribution in [0.4, 0.5) is 0 Å². The zero-order valence-corrected chi connectivity index (χ0v) is 12.4. The first-order chi connectivity index (χ1) is 10.1. The van der Waals surface area contributed by atoms with E-state index in [2.05, 4.69) is 18.2 Å². The fraction of sp³-hybridized carbons (Fsp3) is 0.235. The van der Waals surface area contributed by atoms with Crippen LogP contribution in [0.2, 0.25) is 5.02 Å². The molecule has 0 saturated heterocycles. The van der Waals surface area contributed by atoms with Gasteiger partial charge in [0, 0.05) is 5.56 Å². The number of nitrogens with two attached hydrogens (primary N) is 1. The number of nitrogen functional groups attached to an aromatic ring is 1. The van der Waals surface area contributed by atoms with Gasteiger partial charge < -0.3 is 10.5 Å². The molecule has 21 heavy (non-hydrogen) atoms. The van der Waals surface area contributed by atoms with Gasteiger partial charge in [-0.05, 0) is 48.6 Å². The number of benzene rings is 2. The molecule has 108 valence electrons. The molecule has 1 unspecified atom stereocenters. The Morgan fingerprint density at radius 3 is 2.81 bits per heavy atom. The minimum atomic E-state index is -0.0328. The predicted octanol–water partition coefficient (Wildman–Crippen LogP) is 4.08. The van der Waals surface area contributed by atoms with Crippen molar-refractivity contribution in [2.75, 3.05) is 0 Å². The Balaban J connectivity index is 1.85. The maximum atomic E-state index is 7.45. The highest BCUT2D eigenvalue weighted by Gasteiger charge is 2.21. The molecule has 3 rings (SSSR count). The third kappa shape index (κ3) is 2.88. The summed E-state index contributed by atoms with van der Waals surface area (Å²) in [6, 6.07) is 13.7. The van der Waals surface area contributed by atoms with Gasteiger partial charge in [-0.25, -0.2) is 0 Å². The molecule has 1 aliphatic carbocycles. The van der Waals surface area contributed by atoms with E-state index in [4.69, 9.17) is 27.5 Å². The number of ether oxygens (including phenoxy) is 1. The molecule has 1 aliphatic rings. The molecule has 1 atom stereocenters. The monoisotopic (exact) mass is 300 g/mol. The average Bonchev–Trinajstić information content (AvgIpc) is 2.47. The second kappa shape index (κ2) is 5.78. The molecule has 0 heterocycles. The van der Waals surface area contributed by atoms with Crippen LogP contribution in [0, 0.1) is 5.41 Å². The summed E-state index contributed by atoms with van der Waals surface area (Å²) in [5.41, 5.74) is 8.63. The van der Waals surface area contributed by atoms with Gasteiger partial charge in [0.25, 0.3) is 0 Å². The first-order valence-electron chi connectivity index (χ1n) is 7.03. The number of hydrogen-bond acceptors (Lipinski definition) is 2. The van der Waals surface area contributed by atoms with E-state index in [9.17, 15) is 0 Å². The van der Waals surface area contributed by atoms with E-state index < -0.39 is 0 Å². The summed E-state index contributed by atoms with van der Waals surface area (Å²) >= 11 is 6.14. The third-order valence-corrected chi connectivity index (χ3v) is 4.14. The Bertz CT molecular complexity index is 684. The lowest BCUT2D eigenvalue weighted by atomic mass is 9.89. The lowest BCUT2D eigenvalue weighted by Gasteiger charge is -2.26. The molecule has 3 nitrogen and oxygen atoms in total. The van der Waals surface area contributed by atoms with Gasteiger partial charge in [0.1, 0.15) is 17.7 Å². The molecule has 0 fully saturated rings. The van der Waals surface area contributed by atoms with Crippen LogP contribution >= 0.6 is 11.6 Å². The number of nitrogens with one attached hydrogen (secondary N) is 1. The molecule has 0 amide bonds. The van der Waals surface area contributed by atoms with Crippen molar-refractivity contribution in [1.82, 2.24) is 0 Å². The first-order valence-corrected chi connectivity index (χ1v) is 7.41. The van der Waals surface area contributed by atoms with E-state index in [0.717, 1.165) is 19.3 Å². The van der Waals surface area contributed by atoms with Gasteiger partial charge in [0.15, 0.2) is 0 Å². The largest absolute Gasteiger partial charge is 0.486 e. The molecular weight excluding hydrogens is 284 g/mol. The maximum Gasteiger partial charge on any atom is 0.124 e. The number of fused-ring (bicyclic) bond motifs is 1. The van der Waals surface area contributed by atoms with Crippen LogP contribution in [0.1, 0.15) is 35.6 Å². The van der Waals surface area contributed by atoms with Gasteiger partial charge in [0.05, 0.1) is 5.02 Å². The third-order valence-electron chi connectivity index (χ3n) is 3.82. The average molecular weight is 301 g/mol. The van der Waals surface area contributed by atoms with E-state index in [1.807, 2.05) is 12.1 Å². The minimum absolute atomic E-state index is 0.0328. The van der Waals surface area contributed by atoms with Crippen molar-refractivity contribution in [3.8, 4) is 5.75 Å². The first kappa shape index (κ1) is 14.0. The lowest BCUT2D eigenvalue weighted by Crippen LogP contribution is -2.15. The van der Waals surface area contributed by atoms with Gasteiger partial charge >= 0.3 is 0 Å². The Labute approximate surface area is 129 Å². The van der Waals surface area contributed by atoms with Crippen molar-refractivity contribution < 1.29 is 4.74 Å². The molecule has 2 aromatic rings. The van der Waals surface area contributed by atoms with Crippen molar-refractivity contribution in [2.45, 2.75) is 25.4 Å². The normalized spacial score (nSPS) is 17.1. The molecule has 0 bridgehead atoms. The zero-order valence-electron chi connectivity index (χ0n) is 11.6. The number of aryl methyl sites for hydroxylation is 1. The number of halogens is 1. The molecule has 0 aromatic heterocycles. The second-order valence-corrected chi connectivity index (χ2v) is 5.66. The number of amidine groups is 1. The summed E-state index contributed by atoms with van der Waals surface area (Å²) in [5, 5.41) is 7.90. The SMILES string of the molecule is N=C(N)c1ccc(OC2CCCc3ccccc32)cc1Cl. The standard InChI is InChI=1S/C17H17ClN2O/c18-15-10-12(8-9-14(15)17(19)20)21-16-7-3-5-11-4-1-2-6-13(11)16/h1-2,4,6,8-10,16H,3,5,7H2,(H3,19,20). The van der Waals surface area contributed by atoms with Crippen molar-refractivity contribution in [2.24, 2.45) is 5.73 Å². The van der Waals surface area contributed by atoms with E-state index in [-0.39, 0.29) is 11.9 Å². The summed E-state index contributed by atoms with van der Waals surface area (Å²) in [5.74, 6) is 0.682. The molecule has 0 spiro atoms. The summed E-state index contributed by atoms with van der Waals surface area (Å²) in [6.07, 6.45) is 3.30. The quantitative estimate of drug-likeness (QED) is 0.663. The maximum absolute atomic E-state index is 7.45. The smallest absolute Gasteiger partial charge is 0.124 e. The van der Waals surface area contributed by atoms with Gasteiger partial charge in [0.2, 0.25) is 0 Å². The van der Waals surface area contributed by atoms with Crippen LogP contribution in [0.25, 0.3) is 0 Å². The second-order valence-electron chi connectivity index (χ2n) is 5.25. The number of hydrogen-bond donors (Lipinski definition) is 2.